The highest BCUT2D eigenvalue weighted by Gasteiger charge is 2.27. The summed E-state index contributed by atoms with van der Waals surface area (Å²) in [5, 5.41) is 8.58. The molecule has 0 saturated carbocycles. The minimum Gasteiger partial charge on any atom is -0.377 e. The van der Waals surface area contributed by atoms with Crippen molar-refractivity contribution in [1.29, 1.82) is 0 Å². The Bertz CT molecular complexity index is 1610. The van der Waals surface area contributed by atoms with Crippen LogP contribution in [0.2, 0.25) is 0 Å². The smallest absolute Gasteiger partial charge is 0.269 e. The molecule has 0 saturated heterocycles. The number of ether oxygens (including phenoxy) is 1. The van der Waals surface area contributed by atoms with E-state index in [-0.39, 0.29) is 17.2 Å². The van der Waals surface area contributed by atoms with E-state index < -0.39 is 6.43 Å². The van der Waals surface area contributed by atoms with Gasteiger partial charge in [-0.2, -0.15) is 5.10 Å². The van der Waals surface area contributed by atoms with E-state index in [4.69, 9.17) is 9.72 Å². The molecule has 4 aromatic rings. The number of hydrogen-bond donors (Lipinski definition) is 1. The third kappa shape index (κ3) is 4.67. The lowest BCUT2D eigenvalue weighted by Crippen LogP contribution is -2.27. The maximum atomic E-state index is 14.4. The van der Waals surface area contributed by atoms with Gasteiger partial charge >= 0.3 is 0 Å². The molecular formula is C30H29F2N5O2. The molecule has 200 valence electrons. The van der Waals surface area contributed by atoms with Crippen LogP contribution in [-0.4, -0.2) is 47.5 Å². The monoisotopic (exact) mass is 529 g/mol. The fourth-order valence-corrected chi connectivity index (χ4v) is 5.54. The Morgan fingerprint density at radius 3 is 2.72 bits per heavy atom. The quantitative estimate of drug-likeness (QED) is 0.353. The average molecular weight is 530 g/mol. The molecule has 1 amide bonds. The average Bonchev–Trinajstić information content (AvgIpc) is 3.41. The van der Waals surface area contributed by atoms with Crippen molar-refractivity contribution in [2.45, 2.75) is 25.7 Å². The lowest BCUT2D eigenvalue weighted by atomic mass is 9.92. The molecule has 0 unspecified atom stereocenters. The van der Waals surface area contributed by atoms with Gasteiger partial charge in [0.25, 0.3) is 12.3 Å². The van der Waals surface area contributed by atoms with Crippen LogP contribution in [0.15, 0.2) is 54.9 Å². The van der Waals surface area contributed by atoms with Crippen molar-refractivity contribution in [2.24, 2.45) is 7.05 Å². The van der Waals surface area contributed by atoms with Crippen LogP contribution in [-0.2, 0) is 18.2 Å². The zero-order valence-electron chi connectivity index (χ0n) is 21.9. The summed E-state index contributed by atoms with van der Waals surface area (Å²) in [6.07, 6.45) is 5.19. The Morgan fingerprint density at radius 1 is 1.13 bits per heavy atom. The van der Waals surface area contributed by atoms with Crippen molar-refractivity contribution in [3.8, 4) is 11.1 Å². The highest BCUT2D eigenvalue weighted by atomic mass is 19.3. The summed E-state index contributed by atoms with van der Waals surface area (Å²) in [4.78, 5) is 19.5. The second-order valence-electron chi connectivity index (χ2n) is 9.93. The highest BCUT2D eigenvalue weighted by molar-refractivity contribution is 6.02. The molecule has 2 aromatic heterocycles. The lowest BCUT2D eigenvalue weighted by molar-refractivity contribution is 0.0958. The highest BCUT2D eigenvalue weighted by Crippen LogP contribution is 2.42. The molecule has 1 N–H and O–H groups in total. The van der Waals surface area contributed by atoms with Gasteiger partial charge in [0.2, 0.25) is 0 Å². The molecule has 0 atom stereocenters. The van der Waals surface area contributed by atoms with Gasteiger partial charge in [0.05, 0.1) is 19.4 Å². The number of hydrogen-bond acceptors (Lipinski definition) is 5. The number of nitrogens with one attached hydrogen (secondary N) is 1. The van der Waals surface area contributed by atoms with E-state index >= 15 is 0 Å². The maximum absolute atomic E-state index is 14.4. The van der Waals surface area contributed by atoms with Crippen LogP contribution in [0, 0.1) is 0 Å². The van der Waals surface area contributed by atoms with Crippen LogP contribution in [0.4, 0.5) is 20.3 Å². The standard InChI is InChI=1S/C30H29F2N5O2/c1-33-30(38)26-14-21-12-19(18-7-10-39-11-8-18)5-6-23(21)29(35-26)37-9-3-4-20-13-24(22-16-34-36(2)17-22)25(28(31)32)15-27(20)37/h5-7,12-17,28H,3-4,8-11H2,1-2H3,(H,33,38). The Balaban J connectivity index is 1.52. The van der Waals surface area contributed by atoms with Crippen LogP contribution in [0.1, 0.15) is 46.4 Å². The second-order valence-corrected chi connectivity index (χ2v) is 9.93. The first-order chi connectivity index (χ1) is 18.9. The molecule has 2 aliphatic rings. The number of carbonyl (C=O) groups excluding carboxylic acids is 1. The van der Waals surface area contributed by atoms with Gasteiger partial charge in [0, 0.05) is 49.0 Å². The number of nitrogens with zero attached hydrogens (tertiary/aromatic N) is 4. The van der Waals surface area contributed by atoms with E-state index in [0.717, 1.165) is 41.2 Å². The number of fused-ring (bicyclic) bond motifs is 2. The number of anilines is 2. The lowest BCUT2D eigenvalue weighted by Gasteiger charge is -2.33. The SMILES string of the molecule is CNC(=O)c1cc2cc(C3=CCOCC3)ccc2c(N2CCCc3cc(-c4cnn(C)c4)c(C(F)F)cc32)n1. The predicted octanol–water partition coefficient (Wildman–Crippen LogP) is 5.82. The number of rotatable bonds is 5. The Labute approximate surface area is 225 Å². The van der Waals surface area contributed by atoms with Gasteiger partial charge in [-0.25, -0.2) is 13.8 Å². The van der Waals surface area contributed by atoms with Crippen LogP contribution < -0.4 is 10.2 Å². The summed E-state index contributed by atoms with van der Waals surface area (Å²) in [6, 6.07) is 11.4. The van der Waals surface area contributed by atoms with Gasteiger partial charge in [-0.3, -0.25) is 9.48 Å². The number of alkyl halides is 2. The summed E-state index contributed by atoms with van der Waals surface area (Å²) in [7, 11) is 3.34. The first-order valence-electron chi connectivity index (χ1n) is 13.1. The molecule has 2 aromatic carbocycles. The van der Waals surface area contributed by atoms with E-state index in [0.29, 0.717) is 42.4 Å². The maximum Gasteiger partial charge on any atom is 0.269 e. The largest absolute Gasteiger partial charge is 0.377 e. The third-order valence-electron chi connectivity index (χ3n) is 7.48. The van der Waals surface area contributed by atoms with Gasteiger partial charge in [0.1, 0.15) is 11.5 Å². The summed E-state index contributed by atoms with van der Waals surface area (Å²) >= 11 is 0. The summed E-state index contributed by atoms with van der Waals surface area (Å²) in [5.74, 6) is 0.292. The topological polar surface area (TPSA) is 72.3 Å². The van der Waals surface area contributed by atoms with Gasteiger partial charge in [0.15, 0.2) is 0 Å². The molecule has 0 bridgehead atoms. The fraction of sp³-hybridized carbons (Fsp3) is 0.300. The summed E-state index contributed by atoms with van der Waals surface area (Å²) < 4.78 is 35.8. The van der Waals surface area contributed by atoms with Crippen molar-refractivity contribution < 1.29 is 18.3 Å². The zero-order valence-corrected chi connectivity index (χ0v) is 21.9. The number of aryl methyl sites for hydroxylation is 2. The zero-order chi connectivity index (χ0) is 27.1. The molecule has 9 heteroatoms. The molecular weight excluding hydrogens is 500 g/mol. The fourth-order valence-electron chi connectivity index (χ4n) is 5.54. The number of amides is 1. The molecule has 2 aliphatic heterocycles. The van der Waals surface area contributed by atoms with E-state index in [2.05, 4.69) is 28.6 Å². The molecule has 7 nitrogen and oxygen atoms in total. The first-order valence-corrected chi connectivity index (χ1v) is 13.1. The van der Waals surface area contributed by atoms with Crippen LogP contribution in [0.5, 0.6) is 0 Å². The number of carbonyl (C=O) groups is 1. The van der Waals surface area contributed by atoms with Gasteiger partial charge < -0.3 is 15.0 Å². The minimum atomic E-state index is -2.66. The van der Waals surface area contributed by atoms with Gasteiger partial charge in [-0.15, -0.1) is 0 Å². The molecule has 39 heavy (non-hydrogen) atoms. The Hall–Kier alpha value is -4.11. The van der Waals surface area contributed by atoms with E-state index in [9.17, 15) is 13.6 Å². The van der Waals surface area contributed by atoms with E-state index in [1.807, 2.05) is 17.0 Å². The van der Waals surface area contributed by atoms with Crippen molar-refractivity contribution in [3.63, 3.8) is 0 Å². The molecule has 0 radical (unpaired) electrons. The number of halogens is 2. The molecule has 4 heterocycles. The van der Waals surface area contributed by atoms with E-state index in [1.165, 1.54) is 5.57 Å². The third-order valence-corrected chi connectivity index (χ3v) is 7.48. The van der Waals surface area contributed by atoms with Crippen molar-refractivity contribution in [1.82, 2.24) is 20.1 Å². The number of aromatic nitrogens is 3. The number of benzene rings is 2. The Morgan fingerprint density at radius 2 is 2.00 bits per heavy atom. The normalized spacial score (nSPS) is 15.4. The summed E-state index contributed by atoms with van der Waals surface area (Å²) in [6.45, 7) is 1.86. The van der Waals surface area contributed by atoms with Crippen LogP contribution in [0.25, 0.3) is 27.5 Å². The van der Waals surface area contributed by atoms with Gasteiger partial charge in [-0.1, -0.05) is 18.2 Å². The van der Waals surface area contributed by atoms with Crippen molar-refractivity contribution in [3.05, 3.63) is 77.3 Å². The molecule has 0 fully saturated rings. The molecule has 0 spiro atoms. The van der Waals surface area contributed by atoms with Crippen LogP contribution in [0.3, 0.4) is 0 Å². The van der Waals surface area contributed by atoms with Gasteiger partial charge in [-0.05, 0) is 71.2 Å². The molecule has 6 rings (SSSR count). The predicted molar refractivity (Wildman–Crippen MR) is 147 cm³/mol. The van der Waals surface area contributed by atoms with Crippen molar-refractivity contribution >= 4 is 33.8 Å². The van der Waals surface area contributed by atoms with Crippen LogP contribution >= 0.6 is 0 Å². The second kappa shape index (κ2) is 10.2. The minimum absolute atomic E-state index is 0.0471. The van der Waals surface area contributed by atoms with E-state index in [1.54, 1.807) is 43.3 Å². The molecule has 0 aliphatic carbocycles. The first kappa shape index (κ1) is 25.2. The Kier molecular flexibility index (Phi) is 6.60. The number of pyridine rings is 1. The summed E-state index contributed by atoms with van der Waals surface area (Å²) in [5.41, 5.74) is 5.33. The van der Waals surface area contributed by atoms with Crippen molar-refractivity contribution in [2.75, 3.05) is 31.7 Å².